The van der Waals surface area contributed by atoms with Gasteiger partial charge in [-0.3, -0.25) is 9.59 Å². The summed E-state index contributed by atoms with van der Waals surface area (Å²) >= 11 is 0. The first-order chi connectivity index (χ1) is 7.27. The Morgan fingerprint density at radius 3 is 2.40 bits per heavy atom. The van der Waals surface area contributed by atoms with E-state index in [1.165, 1.54) is 6.08 Å². The second kappa shape index (κ2) is 4.05. The van der Waals surface area contributed by atoms with Gasteiger partial charge in [-0.1, -0.05) is 36.4 Å². The Labute approximate surface area is 87.9 Å². The van der Waals surface area contributed by atoms with E-state index in [0.29, 0.717) is 17.6 Å². The van der Waals surface area contributed by atoms with Crippen molar-refractivity contribution >= 4 is 11.6 Å². The first kappa shape index (κ1) is 9.59. The fourth-order valence-electron chi connectivity index (χ4n) is 1.45. The summed E-state index contributed by atoms with van der Waals surface area (Å²) in [6.45, 7) is 0. The zero-order valence-electron chi connectivity index (χ0n) is 8.14. The molecule has 0 radical (unpaired) electrons. The molecule has 2 heteroatoms. The summed E-state index contributed by atoms with van der Waals surface area (Å²) in [6.07, 6.45) is 5.04. The van der Waals surface area contributed by atoms with Crippen molar-refractivity contribution < 1.29 is 9.59 Å². The van der Waals surface area contributed by atoms with Gasteiger partial charge in [0.25, 0.3) is 0 Å². The van der Waals surface area contributed by atoms with Crippen molar-refractivity contribution in [2.75, 3.05) is 0 Å². The molecule has 1 aliphatic rings. The first-order valence-electron chi connectivity index (χ1n) is 4.78. The van der Waals surface area contributed by atoms with E-state index in [0.717, 1.165) is 0 Å². The molecule has 0 fully saturated rings. The van der Waals surface area contributed by atoms with Crippen molar-refractivity contribution in [3.63, 3.8) is 0 Å². The van der Waals surface area contributed by atoms with Crippen molar-refractivity contribution in [2.24, 2.45) is 0 Å². The maximum Gasteiger partial charge on any atom is 0.192 e. The van der Waals surface area contributed by atoms with Crippen LogP contribution in [0.1, 0.15) is 16.8 Å². The summed E-state index contributed by atoms with van der Waals surface area (Å²) in [5, 5.41) is 0. The van der Waals surface area contributed by atoms with Crippen LogP contribution in [-0.4, -0.2) is 11.6 Å². The quantitative estimate of drug-likeness (QED) is 0.683. The third kappa shape index (κ3) is 2.10. The molecular weight excluding hydrogens is 188 g/mol. The molecule has 15 heavy (non-hydrogen) atoms. The summed E-state index contributed by atoms with van der Waals surface area (Å²) < 4.78 is 0. The standard InChI is InChI=1S/C13H10O2/c14-12-8-6-11(7-9-12)13(15)10-4-2-1-3-5-10/h1-8H,9H2. The zero-order chi connectivity index (χ0) is 10.7. The maximum atomic E-state index is 11.9. The Morgan fingerprint density at radius 1 is 1.07 bits per heavy atom. The fraction of sp³-hybridized carbons (Fsp3) is 0.0769. The molecule has 2 nitrogen and oxygen atoms in total. The highest BCUT2D eigenvalue weighted by Gasteiger charge is 2.12. The number of benzene rings is 1. The molecule has 0 atom stereocenters. The SMILES string of the molecule is O=C1C=CC(C(=O)c2ccccc2)=CC1. The van der Waals surface area contributed by atoms with E-state index < -0.39 is 0 Å². The van der Waals surface area contributed by atoms with E-state index in [4.69, 9.17) is 0 Å². The third-order valence-corrected chi connectivity index (χ3v) is 2.27. The minimum atomic E-state index is -0.0284. The van der Waals surface area contributed by atoms with Crippen LogP contribution in [0.25, 0.3) is 0 Å². The second-order valence-corrected chi connectivity index (χ2v) is 3.36. The molecule has 0 aliphatic heterocycles. The lowest BCUT2D eigenvalue weighted by Crippen LogP contribution is -2.06. The predicted octanol–water partition coefficient (Wildman–Crippen LogP) is 2.32. The van der Waals surface area contributed by atoms with E-state index in [1.54, 1.807) is 24.3 Å². The molecule has 1 aromatic rings. The first-order valence-corrected chi connectivity index (χ1v) is 4.78. The maximum absolute atomic E-state index is 11.9. The molecule has 1 aliphatic carbocycles. The van der Waals surface area contributed by atoms with Gasteiger partial charge in [0.2, 0.25) is 0 Å². The lowest BCUT2D eigenvalue weighted by atomic mass is 9.98. The van der Waals surface area contributed by atoms with Crippen molar-refractivity contribution in [1.82, 2.24) is 0 Å². The van der Waals surface area contributed by atoms with Gasteiger partial charge in [-0.15, -0.1) is 0 Å². The molecule has 74 valence electrons. The molecule has 0 N–H and O–H groups in total. The molecule has 0 aromatic heterocycles. The van der Waals surface area contributed by atoms with E-state index in [-0.39, 0.29) is 11.6 Å². The van der Waals surface area contributed by atoms with Crippen LogP contribution >= 0.6 is 0 Å². The minimum absolute atomic E-state index is 0.0284. The number of Topliss-reactive ketones (excluding diaryl/α,β-unsaturated/α-hetero) is 1. The summed E-state index contributed by atoms with van der Waals surface area (Å²) in [5.74, 6) is 0.0129. The van der Waals surface area contributed by atoms with E-state index in [1.807, 2.05) is 18.2 Å². The molecule has 1 aromatic carbocycles. The molecular formula is C13H10O2. The Balaban J connectivity index is 2.24. The number of hydrogen-bond donors (Lipinski definition) is 0. The molecule has 0 heterocycles. The Kier molecular flexibility index (Phi) is 2.59. The summed E-state index contributed by atoms with van der Waals surface area (Å²) in [4.78, 5) is 22.8. The van der Waals surface area contributed by atoms with Crippen molar-refractivity contribution in [3.8, 4) is 0 Å². The highest BCUT2D eigenvalue weighted by atomic mass is 16.1. The van der Waals surface area contributed by atoms with E-state index in [2.05, 4.69) is 0 Å². The number of carbonyl (C=O) groups is 2. The highest BCUT2D eigenvalue weighted by molar-refractivity contribution is 6.12. The topological polar surface area (TPSA) is 34.1 Å². The van der Waals surface area contributed by atoms with Crippen LogP contribution in [0.5, 0.6) is 0 Å². The monoisotopic (exact) mass is 198 g/mol. The molecule has 0 unspecified atom stereocenters. The van der Waals surface area contributed by atoms with Gasteiger partial charge in [0.15, 0.2) is 11.6 Å². The van der Waals surface area contributed by atoms with Crippen LogP contribution in [0.15, 0.2) is 54.1 Å². The van der Waals surface area contributed by atoms with Gasteiger partial charge < -0.3 is 0 Å². The second-order valence-electron chi connectivity index (χ2n) is 3.36. The lowest BCUT2D eigenvalue weighted by Gasteiger charge is -2.04. The average Bonchev–Trinajstić information content (AvgIpc) is 2.30. The number of ketones is 2. The lowest BCUT2D eigenvalue weighted by molar-refractivity contribution is -0.113. The van der Waals surface area contributed by atoms with Gasteiger partial charge in [-0.2, -0.15) is 0 Å². The summed E-state index contributed by atoms with van der Waals surface area (Å²) in [6, 6.07) is 9.06. The minimum Gasteiger partial charge on any atom is -0.295 e. The molecule has 0 saturated heterocycles. The van der Waals surface area contributed by atoms with Gasteiger partial charge in [-0.25, -0.2) is 0 Å². The Morgan fingerprint density at radius 2 is 1.80 bits per heavy atom. The van der Waals surface area contributed by atoms with Crippen LogP contribution in [0.3, 0.4) is 0 Å². The highest BCUT2D eigenvalue weighted by Crippen LogP contribution is 2.13. The van der Waals surface area contributed by atoms with E-state index >= 15 is 0 Å². The predicted molar refractivity (Wildman–Crippen MR) is 57.6 cm³/mol. The van der Waals surface area contributed by atoms with Crippen molar-refractivity contribution in [1.29, 1.82) is 0 Å². The van der Waals surface area contributed by atoms with E-state index in [9.17, 15) is 9.59 Å². The largest absolute Gasteiger partial charge is 0.295 e. The van der Waals surface area contributed by atoms with Gasteiger partial charge in [0.05, 0.1) is 0 Å². The van der Waals surface area contributed by atoms with Crippen LogP contribution in [0.4, 0.5) is 0 Å². The third-order valence-electron chi connectivity index (χ3n) is 2.27. The molecule has 0 saturated carbocycles. The Bertz CT molecular complexity index is 453. The van der Waals surface area contributed by atoms with Crippen molar-refractivity contribution in [3.05, 3.63) is 59.7 Å². The van der Waals surface area contributed by atoms with Gasteiger partial charge in [0, 0.05) is 17.6 Å². The van der Waals surface area contributed by atoms with Gasteiger partial charge >= 0.3 is 0 Å². The smallest absolute Gasteiger partial charge is 0.192 e. The number of allylic oxidation sites excluding steroid dienone is 4. The van der Waals surface area contributed by atoms with Crippen LogP contribution < -0.4 is 0 Å². The molecule has 0 spiro atoms. The molecule has 0 bridgehead atoms. The molecule has 0 amide bonds. The normalized spacial score (nSPS) is 14.9. The van der Waals surface area contributed by atoms with Crippen LogP contribution in [0, 0.1) is 0 Å². The number of hydrogen-bond acceptors (Lipinski definition) is 2. The van der Waals surface area contributed by atoms with Crippen molar-refractivity contribution in [2.45, 2.75) is 6.42 Å². The number of rotatable bonds is 2. The van der Waals surface area contributed by atoms with Crippen LogP contribution in [-0.2, 0) is 4.79 Å². The Hall–Kier alpha value is -1.96. The molecule has 2 rings (SSSR count). The number of carbonyl (C=O) groups excluding carboxylic acids is 2. The average molecular weight is 198 g/mol. The fourth-order valence-corrected chi connectivity index (χ4v) is 1.45. The van der Waals surface area contributed by atoms with Gasteiger partial charge in [0.1, 0.15) is 0 Å². The summed E-state index contributed by atoms with van der Waals surface area (Å²) in [7, 11) is 0. The van der Waals surface area contributed by atoms with Gasteiger partial charge in [-0.05, 0) is 12.2 Å². The summed E-state index contributed by atoms with van der Waals surface area (Å²) in [5.41, 5.74) is 1.25. The zero-order valence-corrected chi connectivity index (χ0v) is 8.14. The van der Waals surface area contributed by atoms with Crippen LogP contribution in [0.2, 0.25) is 0 Å².